The van der Waals surface area contributed by atoms with E-state index in [-0.39, 0.29) is 16.8 Å². The van der Waals surface area contributed by atoms with Crippen molar-refractivity contribution in [1.29, 1.82) is 0 Å². The molecule has 0 saturated carbocycles. The zero-order chi connectivity index (χ0) is 19.8. The predicted octanol–water partition coefficient (Wildman–Crippen LogP) is 3.39. The van der Waals surface area contributed by atoms with Gasteiger partial charge in [0.25, 0.3) is 5.91 Å². The van der Waals surface area contributed by atoms with Crippen LogP contribution in [0.15, 0.2) is 47.4 Å². The van der Waals surface area contributed by atoms with Gasteiger partial charge in [-0.15, -0.1) is 0 Å². The van der Waals surface area contributed by atoms with Gasteiger partial charge in [0.1, 0.15) is 0 Å². The third-order valence-electron chi connectivity index (χ3n) is 5.18. The lowest BCUT2D eigenvalue weighted by Gasteiger charge is -2.37. The Bertz CT molecular complexity index is 950. The molecule has 0 N–H and O–H groups in total. The van der Waals surface area contributed by atoms with Crippen molar-refractivity contribution in [3.63, 3.8) is 0 Å². The van der Waals surface area contributed by atoms with Crippen molar-refractivity contribution in [2.75, 3.05) is 20.6 Å². The first-order valence-electron chi connectivity index (χ1n) is 9.18. The normalized spacial score (nSPS) is 17.1. The molecule has 2 aromatic carbocycles. The lowest BCUT2D eigenvalue weighted by molar-refractivity contribution is 0.0655. The second-order valence-corrected chi connectivity index (χ2v) is 9.34. The maximum absolute atomic E-state index is 13.1. The van der Waals surface area contributed by atoms with Gasteiger partial charge in [0.15, 0.2) is 0 Å². The predicted molar refractivity (Wildman–Crippen MR) is 106 cm³/mol. The minimum Gasteiger partial charge on any atom is -0.331 e. The lowest BCUT2D eigenvalue weighted by Crippen LogP contribution is -2.40. The molecule has 0 saturated heterocycles. The number of carbonyl (C=O) groups excluding carboxylic acids is 1. The molecule has 0 spiro atoms. The second-order valence-electron chi connectivity index (χ2n) is 7.19. The standard InChI is InChI=1S/C21H26N2O3S/c1-5-20-19-11-6-15(2)14-17(19)12-13-23(20)21(24)16-7-9-18(10-8-16)27(25,26)22(3)4/h6-11,14,20H,5,12-13H2,1-4H3. The number of nitrogens with zero attached hydrogens (tertiary/aromatic N) is 2. The van der Waals surface area contributed by atoms with Crippen LogP contribution in [0.5, 0.6) is 0 Å². The molecule has 6 heteroatoms. The summed E-state index contributed by atoms with van der Waals surface area (Å²) in [6.07, 6.45) is 1.68. The first-order chi connectivity index (χ1) is 12.8. The van der Waals surface area contributed by atoms with Crippen molar-refractivity contribution >= 4 is 15.9 Å². The molecule has 5 nitrogen and oxygen atoms in total. The first kappa shape index (κ1) is 19.6. The van der Waals surface area contributed by atoms with Crippen LogP contribution >= 0.6 is 0 Å². The summed E-state index contributed by atoms with van der Waals surface area (Å²) < 4.78 is 25.6. The van der Waals surface area contributed by atoms with E-state index >= 15 is 0 Å². The summed E-state index contributed by atoms with van der Waals surface area (Å²) in [6.45, 7) is 4.85. The molecule has 144 valence electrons. The molecule has 27 heavy (non-hydrogen) atoms. The van der Waals surface area contributed by atoms with Crippen LogP contribution in [0, 0.1) is 6.92 Å². The first-order valence-corrected chi connectivity index (χ1v) is 10.6. The van der Waals surface area contributed by atoms with E-state index in [0.29, 0.717) is 12.1 Å². The zero-order valence-corrected chi connectivity index (χ0v) is 17.1. The van der Waals surface area contributed by atoms with Crippen molar-refractivity contribution in [1.82, 2.24) is 9.21 Å². The van der Waals surface area contributed by atoms with Crippen LogP contribution in [0.4, 0.5) is 0 Å². The van der Waals surface area contributed by atoms with Crippen molar-refractivity contribution in [3.8, 4) is 0 Å². The fourth-order valence-corrected chi connectivity index (χ4v) is 4.57. The molecular weight excluding hydrogens is 360 g/mol. The second kappa shape index (κ2) is 7.44. The number of carbonyl (C=O) groups is 1. The molecule has 1 atom stereocenters. The van der Waals surface area contributed by atoms with E-state index in [1.807, 2.05) is 4.90 Å². The van der Waals surface area contributed by atoms with E-state index in [4.69, 9.17) is 0 Å². The lowest BCUT2D eigenvalue weighted by atomic mass is 9.89. The van der Waals surface area contributed by atoms with Gasteiger partial charge in [-0.2, -0.15) is 0 Å². The monoisotopic (exact) mass is 386 g/mol. The van der Waals surface area contributed by atoms with Gasteiger partial charge >= 0.3 is 0 Å². The SMILES string of the molecule is CCC1c2ccc(C)cc2CCN1C(=O)c1ccc(S(=O)(=O)N(C)C)cc1. The molecule has 1 unspecified atom stereocenters. The highest BCUT2D eigenvalue weighted by molar-refractivity contribution is 7.89. The Morgan fingerprint density at radius 3 is 2.41 bits per heavy atom. The third-order valence-corrected chi connectivity index (χ3v) is 7.01. The molecule has 1 heterocycles. The van der Waals surface area contributed by atoms with Gasteiger partial charge in [0.05, 0.1) is 10.9 Å². The van der Waals surface area contributed by atoms with Crippen molar-refractivity contribution in [3.05, 3.63) is 64.7 Å². The molecule has 0 aromatic heterocycles. The van der Waals surface area contributed by atoms with Gasteiger partial charge in [0, 0.05) is 26.2 Å². The van der Waals surface area contributed by atoms with Gasteiger partial charge in [-0.05, 0) is 55.2 Å². The Morgan fingerprint density at radius 1 is 1.15 bits per heavy atom. The number of rotatable bonds is 4. The maximum atomic E-state index is 13.1. The van der Waals surface area contributed by atoms with E-state index in [2.05, 4.69) is 32.0 Å². The van der Waals surface area contributed by atoms with Gasteiger partial charge in [-0.1, -0.05) is 30.7 Å². The van der Waals surface area contributed by atoms with Gasteiger partial charge in [-0.25, -0.2) is 12.7 Å². The molecule has 0 radical (unpaired) electrons. The minimum absolute atomic E-state index is 0.0482. The van der Waals surface area contributed by atoms with E-state index in [1.165, 1.54) is 47.2 Å². The Hall–Kier alpha value is -2.18. The quantitative estimate of drug-likeness (QED) is 0.809. The summed E-state index contributed by atoms with van der Waals surface area (Å²) in [4.78, 5) is 15.2. The van der Waals surface area contributed by atoms with Gasteiger partial charge in [-0.3, -0.25) is 4.79 Å². The van der Waals surface area contributed by atoms with E-state index < -0.39 is 10.0 Å². The van der Waals surface area contributed by atoms with Gasteiger partial charge < -0.3 is 4.90 Å². The largest absolute Gasteiger partial charge is 0.331 e. The molecule has 1 amide bonds. The van der Waals surface area contributed by atoms with E-state index in [9.17, 15) is 13.2 Å². The number of fused-ring (bicyclic) bond motifs is 1. The fraction of sp³-hybridized carbons (Fsp3) is 0.381. The molecule has 0 bridgehead atoms. The highest BCUT2D eigenvalue weighted by Crippen LogP contribution is 2.33. The Labute approximate surface area is 161 Å². The van der Waals surface area contributed by atoms with Crippen LogP contribution in [-0.2, 0) is 16.4 Å². The average Bonchev–Trinajstić information content (AvgIpc) is 2.66. The van der Waals surface area contributed by atoms with Crippen molar-refractivity contribution in [2.45, 2.75) is 37.6 Å². The van der Waals surface area contributed by atoms with Gasteiger partial charge in [0.2, 0.25) is 10.0 Å². The molecule has 1 aliphatic heterocycles. The Balaban J connectivity index is 1.88. The minimum atomic E-state index is -3.50. The number of aryl methyl sites for hydroxylation is 1. The third kappa shape index (κ3) is 3.64. The molecule has 3 rings (SSSR count). The Kier molecular flexibility index (Phi) is 5.40. The maximum Gasteiger partial charge on any atom is 0.254 e. The summed E-state index contributed by atoms with van der Waals surface area (Å²) in [5, 5.41) is 0. The highest BCUT2D eigenvalue weighted by Gasteiger charge is 2.30. The number of hydrogen-bond donors (Lipinski definition) is 0. The smallest absolute Gasteiger partial charge is 0.254 e. The van der Waals surface area contributed by atoms with Crippen molar-refractivity contribution < 1.29 is 13.2 Å². The number of hydrogen-bond acceptors (Lipinski definition) is 3. The zero-order valence-electron chi connectivity index (χ0n) is 16.3. The average molecular weight is 387 g/mol. The summed E-state index contributed by atoms with van der Waals surface area (Å²) >= 11 is 0. The molecule has 0 fully saturated rings. The number of benzene rings is 2. The summed E-state index contributed by atoms with van der Waals surface area (Å²) in [5.41, 5.74) is 4.29. The topological polar surface area (TPSA) is 57.7 Å². The Morgan fingerprint density at radius 2 is 1.81 bits per heavy atom. The van der Waals surface area contributed by atoms with Crippen molar-refractivity contribution in [2.24, 2.45) is 0 Å². The van der Waals surface area contributed by atoms with Crippen LogP contribution in [0.3, 0.4) is 0 Å². The summed E-state index contributed by atoms with van der Waals surface area (Å²) in [7, 11) is -0.509. The van der Waals surface area contributed by atoms with Crippen LogP contribution < -0.4 is 0 Å². The highest BCUT2D eigenvalue weighted by atomic mass is 32.2. The summed E-state index contributed by atoms with van der Waals surface area (Å²) in [6, 6.07) is 12.7. The molecule has 0 aliphatic carbocycles. The van der Waals surface area contributed by atoms with E-state index in [1.54, 1.807) is 12.1 Å². The van der Waals surface area contributed by atoms with Crippen LogP contribution in [0.2, 0.25) is 0 Å². The van der Waals surface area contributed by atoms with Crippen LogP contribution in [-0.4, -0.2) is 44.2 Å². The number of amides is 1. The number of sulfonamides is 1. The molecule has 2 aromatic rings. The summed E-state index contributed by atoms with van der Waals surface area (Å²) in [5.74, 6) is -0.0538. The fourth-order valence-electron chi connectivity index (χ4n) is 3.67. The van der Waals surface area contributed by atoms with Crippen LogP contribution in [0.25, 0.3) is 0 Å². The van der Waals surface area contributed by atoms with Crippen LogP contribution in [0.1, 0.15) is 46.4 Å². The van der Waals surface area contributed by atoms with E-state index in [0.717, 1.165) is 12.8 Å². The molecular formula is C21H26N2O3S. The molecule has 1 aliphatic rings.